The number of benzene rings is 2. The van der Waals surface area contributed by atoms with Crippen molar-refractivity contribution in [3.63, 3.8) is 0 Å². The molecule has 1 heterocycles. The molecule has 0 bridgehead atoms. The summed E-state index contributed by atoms with van der Waals surface area (Å²) in [6.45, 7) is 4.01. The molecule has 0 spiro atoms. The van der Waals surface area contributed by atoms with E-state index < -0.39 is 0 Å². The van der Waals surface area contributed by atoms with Crippen LogP contribution >= 0.6 is 0 Å². The van der Waals surface area contributed by atoms with Crippen LogP contribution in [0.3, 0.4) is 0 Å². The zero-order chi connectivity index (χ0) is 18.1. The van der Waals surface area contributed by atoms with E-state index in [1.807, 2.05) is 12.1 Å². The molecular weight excluding hydrogens is 326 g/mol. The Bertz CT molecular complexity index is 765. The number of carbonyl (C=O) groups excluding carboxylic acids is 1. The lowest BCUT2D eigenvalue weighted by molar-refractivity contribution is -0.0201. The van der Waals surface area contributed by atoms with Crippen molar-refractivity contribution in [2.75, 3.05) is 26.3 Å². The first-order chi connectivity index (χ1) is 12.7. The van der Waals surface area contributed by atoms with Crippen molar-refractivity contribution in [2.45, 2.75) is 25.7 Å². The monoisotopic (exact) mass is 351 g/mol. The number of aliphatic hydroxyl groups excluding tert-OH is 1. The average Bonchev–Trinajstić information content (AvgIpc) is 2.96. The molecule has 4 nitrogen and oxygen atoms in total. The average molecular weight is 351 g/mol. The minimum atomic E-state index is -0.242. The van der Waals surface area contributed by atoms with E-state index in [1.165, 1.54) is 22.3 Å². The summed E-state index contributed by atoms with van der Waals surface area (Å²) in [7, 11) is 0. The first-order valence-electron chi connectivity index (χ1n) is 9.38. The molecule has 136 valence electrons. The van der Waals surface area contributed by atoms with Gasteiger partial charge in [-0.25, -0.2) is 4.79 Å². The predicted molar refractivity (Wildman–Crippen MR) is 101 cm³/mol. The topological polar surface area (TPSA) is 49.8 Å². The number of hydrogen-bond donors (Lipinski definition) is 1. The third-order valence-electron chi connectivity index (χ3n) is 6.04. The molecule has 0 saturated carbocycles. The zero-order valence-corrected chi connectivity index (χ0v) is 15.1. The van der Waals surface area contributed by atoms with Crippen molar-refractivity contribution in [1.29, 1.82) is 0 Å². The van der Waals surface area contributed by atoms with Gasteiger partial charge in [0.2, 0.25) is 0 Å². The highest BCUT2D eigenvalue weighted by molar-refractivity contribution is 5.79. The molecular formula is C22H25NO3. The smallest absolute Gasteiger partial charge is 0.409 e. The molecule has 0 atom stereocenters. The highest BCUT2D eigenvalue weighted by Crippen LogP contribution is 2.44. The lowest BCUT2D eigenvalue weighted by Crippen LogP contribution is -2.58. The fraction of sp³-hybridized carbons (Fsp3) is 0.409. The number of fused-ring (bicyclic) bond motifs is 3. The normalized spacial score (nSPS) is 17.4. The van der Waals surface area contributed by atoms with Crippen molar-refractivity contribution in [3.8, 4) is 11.1 Å². The fourth-order valence-corrected chi connectivity index (χ4v) is 4.37. The van der Waals surface area contributed by atoms with Crippen molar-refractivity contribution < 1.29 is 14.6 Å². The Morgan fingerprint density at radius 2 is 1.69 bits per heavy atom. The van der Waals surface area contributed by atoms with Gasteiger partial charge in [0.05, 0.1) is 0 Å². The summed E-state index contributed by atoms with van der Waals surface area (Å²) in [5, 5.41) is 9.22. The number of ether oxygens (including phenoxy) is 1. The van der Waals surface area contributed by atoms with Gasteiger partial charge in [0, 0.05) is 31.0 Å². The SMILES string of the molecule is CCC1(CCO)CN(C(=O)OCC2c3ccccc3-c3ccccc32)C1. The summed E-state index contributed by atoms with van der Waals surface area (Å²) in [6.07, 6.45) is 1.48. The molecule has 2 aliphatic rings. The maximum atomic E-state index is 12.5. The maximum absolute atomic E-state index is 12.5. The molecule has 0 radical (unpaired) electrons. The number of nitrogens with zero attached hydrogens (tertiary/aromatic N) is 1. The summed E-state index contributed by atoms with van der Waals surface area (Å²) < 4.78 is 5.68. The largest absolute Gasteiger partial charge is 0.448 e. The lowest BCUT2D eigenvalue weighted by atomic mass is 9.75. The summed E-state index contributed by atoms with van der Waals surface area (Å²) >= 11 is 0. The van der Waals surface area contributed by atoms with Gasteiger partial charge in [0.25, 0.3) is 0 Å². The molecule has 2 aromatic rings. The molecule has 1 saturated heterocycles. The lowest BCUT2D eigenvalue weighted by Gasteiger charge is -2.49. The van der Waals surface area contributed by atoms with Gasteiger partial charge in [-0.2, -0.15) is 0 Å². The van der Waals surface area contributed by atoms with Crippen LogP contribution in [-0.4, -0.2) is 42.4 Å². The molecule has 0 unspecified atom stereocenters. The molecule has 1 fully saturated rings. The van der Waals surface area contributed by atoms with E-state index in [9.17, 15) is 9.90 Å². The van der Waals surface area contributed by atoms with Crippen LogP contribution in [0.5, 0.6) is 0 Å². The molecule has 4 heteroatoms. The van der Waals surface area contributed by atoms with Gasteiger partial charge in [0.15, 0.2) is 0 Å². The first kappa shape index (κ1) is 17.1. The van der Waals surface area contributed by atoms with Gasteiger partial charge in [-0.1, -0.05) is 55.5 Å². The third kappa shape index (κ3) is 2.78. The van der Waals surface area contributed by atoms with Gasteiger partial charge in [-0.15, -0.1) is 0 Å². The van der Waals surface area contributed by atoms with Crippen LogP contribution in [-0.2, 0) is 4.74 Å². The van der Waals surface area contributed by atoms with Crippen molar-refractivity contribution in [1.82, 2.24) is 4.90 Å². The third-order valence-corrected chi connectivity index (χ3v) is 6.04. The van der Waals surface area contributed by atoms with Crippen LogP contribution in [0, 0.1) is 5.41 Å². The minimum absolute atomic E-state index is 0.0698. The molecule has 1 aliphatic carbocycles. The summed E-state index contributed by atoms with van der Waals surface area (Å²) in [6, 6.07) is 16.7. The fourth-order valence-electron chi connectivity index (χ4n) is 4.37. The Balaban J connectivity index is 1.43. The second-order valence-corrected chi connectivity index (χ2v) is 7.49. The van der Waals surface area contributed by atoms with E-state index in [-0.39, 0.29) is 24.0 Å². The Hall–Kier alpha value is -2.33. The van der Waals surface area contributed by atoms with E-state index >= 15 is 0 Å². The Labute approximate surface area is 154 Å². The second kappa shape index (κ2) is 6.76. The summed E-state index contributed by atoms with van der Waals surface area (Å²) in [5.41, 5.74) is 5.00. The summed E-state index contributed by atoms with van der Waals surface area (Å²) in [5.74, 6) is 0.0981. The van der Waals surface area contributed by atoms with Crippen LogP contribution in [0.1, 0.15) is 36.8 Å². The number of carbonyl (C=O) groups is 1. The highest BCUT2D eigenvalue weighted by Gasteiger charge is 2.44. The maximum Gasteiger partial charge on any atom is 0.409 e. The first-order valence-corrected chi connectivity index (χ1v) is 9.38. The molecule has 2 aromatic carbocycles. The summed E-state index contributed by atoms with van der Waals surface area (Å²) in [4.78, 5) is 14.2. The number of hydrogen-bond acceptors (Lipinski definition) is 3. The van der Waals surface area contributed by atoms with E-state index in [2.05, 4.69) is 43.3 Å². The molecule has 1 aliphatic heterocycles. The van der Waals surface area contributed by atoms with Gasteiger partial charge in [-0.05, 0) is 35.1 Å². The molecule has 26 heavy (non-hydrogen) atoms. The Morgan fingerprint density at radius 3 is 2.23 bits per heavy atom. The van der Waals surface area contributed by atoms with Crippen LogP contribution < -0.4 is 0 Å². The molecule has 1 amide bonds. The number of aliphatic hydroxyl groups is 1. The van der Waals surface area contributed by atoms with Crippen molar-refractivity contribution in [2.24, 2.45) is 5.41 Å². The molecule has 4 rings (SSSR count). The van der Waals surface area contributed by atoms with Crippen LogP contribution in [0.4, 0.5) is 4.79 Å². The van der Waals surface area contributed by atoms with Crippen LogP contribution in [0.2, 0.25) is 0 Å². The Morgan fingerprint density at radius 1 is 1.12 bits per heavy atom. The Kier molecular flexibility index (Phi) is 4.45. The van der Waals surface area contributed by atoms with Crippen molar-refractivity contribution in [3.05, 3.63) is 59.7 Å². The second-order valence-electron chi connectivity index (χ2n) is 7.49. The van der Waals surface area contributed by atoms with E-state index in [0.29, 0.717) is 19.7 Å². The number of rotatable bonds is 5. The molecule has 1 N–H and O–H groups in total. The van der Waals surface area contributed by atoms with Crippen LogP contribution in [0.15, 0.2) is 48.5 Å². The van der Waals surface area contributed by atoms with Gasteiger partial charge in [-0.3, -0.25) is 0 Å². The minimum Gasteiger partial charge on any atom is -0.448 e. The predicted octanol–water partition coefficient (Wildman–Crippen LogP) is 4.03. The quantitative estimate of drug-likeness (QED) is 0.885. The van der Waals surface area contributed by atoms with Gasteiger partial charge >= 0.3 is 6.09 Å². The van der Waals surface area contributed by atoms with E-state index in [0.717, 1.165) is 12.8 Å². The van der Waals surface area contributed by atoms with Crippen molar-refractivity contribution >= 4 is 6.09 Å². The van der Waals surface area contributed by atoms with Crippen LogP contribution in [0.25, 0.3) is 11.1 Å². The molecule has 0 aromatic heterocycles. The number of amides is 1. The van der Waals surface area contributed by atoms with E-state index in [1.54, 1.807) is 4.90 Å². The number of likely N-dealkylation sites (tertiary alicyclic amines) is 1. The van der Waals surface area contributed by atoms with Gasteiger partial charge < -0.3 is 14.7 Å². The van der Waals surface area contributed by atoms with E-state index in [4.69, 9.17) is 4.74 Å². The zero-order valence-electron chi connectivity index (χ0n) is 15.1. The highest BCUT2D eigenvalue weighted by atomic mass is 16.6. The van der Waals surface area contributed by atoms with Gasteiger partial charge in [0.1, 0.15) is 6.61 Å². The standard InChI is InChI=1S/C22H25NO3/c1-2-22(11-12-24)14-23(15-22)21(25)26-13-20-18-9-5-3-7-16(18)17-8-4-6-10-19(17)20/h3-10,20,24H,2,11-15H2,1H3.